The second-order valence-corrected chi connectivity index (χ2v) is 2.80. The zero-order valence-corrected chi connectivity index (χ0v) is 6.91. The van der Waals surface area contributed by atoms with Crippen molar-refractivity contribution in [3.8, 4) is 12.3 Å². The number of rotatable bonds is 1. The van der Waals surface area contributed by atoms with E-state index in [1.54, 1.807) is 31.2 Å². The largest absolute Gasteiger partial charge is 0.398 e. The van der Waals surface area contributed by atoms with Crippen LogP contribution in [0, 0.1) is 12.3 Å². The van der Waals surface area contributed by atoms with E-state index in [0.717, 1.165) is 0 Å². The van der Waals surface area contributed by atoms with Gasteiger partial charge in [0.1, 0.15) is 5.60 Å². The summed E-state index contributed by atoms with van der Waals surface area (Å²) in [6, 6.07) is 7.01. The van der Waals surface area contributed by atoms with Gasteiger partial charge in [0, 0.05) is 11.3 Å². The third kappa shape index (κ3) is 1.41. The molecule has 1 rings (SSSR count). The third-order valence-corrected chi connectivity index (χ3v) is 1.77. The van der Waals surface area contributed by atoms with Crippen molar-refractivity contribution in [3.05, 3.63) is 29.8 Å². The predicted molar refractivity (Wildman–Crippen MR) is 49.3 cm³/mol. The quantitative estimate of drug-likeness (QED) is 0.478. The fraction of sp³-hybridized carbons (Fsp3) is 0.200. The maximum atomic E-state index is 9.66. The number of para-hydroxylation sites is 1. The Kier molecular flexibility index (Phi) is 2.07. The molecule has 12 heavy (non-hydrogen) atoms. The first-order chi connectivity index (χ1) is 5.58. The van der Waals surface area contributed by atoms with Crippen molar-refractivity contribution in [2.75, 3.05) is 5.73 Å². The lowest BCUT2D eigenvalue weighted by Gasteiger charge is -2.18. The molecule has 0 saturated carbocycles. The van der Waals surface area contributed by atoms with Crippen LogP contribution in [-0.2, 0) is 5.60 Å². The summed E-state index contributed by atoms with van der Waals surface area (Å²) in [7, 11) is 0. The first kappa shape index (κ1) is 8.63. The molecule has 1 aromatic carbocycles. The van der Waals surface area contributed by atoms with E-state index < -0.39 is 5.60 Å². The summed E-state index contributed by atoms with van der Waals surface area (Å²) >= 11 is 0. The molecule has 0 saturated heterocycles. The van der Waals surface area contributed by atoms with Gasteiger partial charge in [-0.05, 0) is 13.0 Å². The molecule has 2 heteroatoms. The van der Waals surface area contributed by atoms with E-state index in [1.165, 1.54) is 0 Å². The summed E-state index contributed by atoms with van der Waals surface area (Å²) in [4.78, 5) is 0. The monoisotopic (exact) mass is 161 g/mol. The van der Waals surface area contributed by atoms with Crippen LogP contribution in [0.4, 0.5) is 5.69 Å². The second-order valence-electron chi connectivity index (χ2n) is 2.80. The molecule has 2 nitrogen and oxygen atoms in total. The van der Waals surface area contributed by atoms with E-state index in [4.69, 9.17) is 12.2 Å². The van der Waals surface area contributed by atoms with E-state index >= 15 is 0 Å². The fourth-order valence-electron chi connectivity index (χ4n) is 1.02. The van der Waals surface area contributed by atoms with Crippen LogP contribution in [-0.4, -0.2) is 5.11 Å². The third-order valence-electron chi connectivity index (χ3n) is 1.77. The van der Waals surface area contributed by atoms with E-state index in [-0.39, 0.29) is 0 Å². The van der Waals surface area contributed by atoms with Crippen molar-refractivity contribution in [3.63, 3.8) is 0 Å². The maximum absolute atomic E-state index is 9.66. The molecule has 3 N–H and O–H groups in total. The summed E-state index contributed by atoms with van der Waals surface area (Å²) < 4.78 is 0. The summed E-state index contributed by atoms with van der Waals surface area (Å²) in [6.45, 7) is 1.54. The fourth-order valence-corrected chi connectivity index (χ4v) is 1.02. The molecular weight excluding hydrogens is 150 g/mol. The van der Waals surface area contributed by atoms with Crippen LogP contribution in [0.5, 0.6) is 0 Å². The predicted octanol–water partition coefficient (Wildman–Crippen LogP) is 1.11. The Morgan fingerprint density at radius 3 is 2.58 bits per heavy atom. The Morgan fingerprint density at radius 2 is 2.08 bits per heavy atom. The van der Waals surface area contributed by atoms with E-state index in [1.807, 2.05) is 0 Å². The summed E-state index contributed by atoms with van der Waals surface area (Å²) in [5.74, 6) is 2.27. The number of aliphatic hydroxyl groups is 1. The zero-order valence-electron chi connectivity index (χ0n) is 6.91. The van der Waals surface area contributed by atoms with E-state index in [9.17, 15) is 5.11 Å². The van der Waals surface area contributed by atoms with Crippen molar-refractivity contribution in [2.24, 2.45) is 0 Å². The van der Waals surface area contributed by atoms with Crippen molar-refractivity contribution in [1.82, 2.24) is 0 Å². The Morgan fingerprint density at radius 1 is 1.50 bits per heavy atom. The van der Waals surface area contributed by atoms with Crippen LogP contribution >= 0.6 is 0 Å². The van der Waals surface area contributed by atoms with Crippen LogP contribution in [0.25, 0.3) is 0 Å². The molecule has 0 aliphatic carbocycles. The van der Waals surface area contributed by atoms with Gasteiger partial charge in [0.05, 0.1) is 0 Å². The molecular formula is C10H11NO. The molecule has 0 aromatic heterocycles. The minimum absolute atomic E-state index is 0.514. The van der Waals surface area contributed by atoms with E-state index in [2.05, 4.69) is 5.92 Å². The first-order valence-electron chi connectivity index (χ1n) is 3.63. The number of anilines is 1. The van der Waals surface area contributed by atoms with Gasteiger partial charge in [-0.25, -0.2) is 0 Å². The summed E-state index contributed by atoms with van der Waals surface area (Å²) in [5.41, 5.74) is 5.44. The van der Waals surface area contributed by atoms with Gasteiger partial charge in [-0.15, -0.1) is 6.42 Å². The van der Waals surface area contributed by atoms with Crippen LogP contribution < -0.4 is 5.73 Å². The molecule has 1 aromatic rings. The molecule has 0 heterocycles. The van der Waals surface area contributed by atoms with E-state index in [0.29, 0.717) is 11.3 Å². The smallest absolute Gasteiger partial charge is 0.149 e. The lowest BCUT2D eigenvalue weighted by molar-refractivity contribution is 0.123. The topological polar surface area (TPSA) is 46.2 Å². The average molecular weight is 161 g/mol. The number of nitrogen functional groups attached to an aromatic ring is 1. The molecule has 0 amide bonds. The molecule has 1 atom stereocenters. The molecule has 62 valence electrons. The van der Waals surface area contributed by atoms with Crippen molar-refractivity contribution in [1.29, 1.82) is 0 Å². The lowest BCUT2D eigenvalue weighted by atomic mass is 9.96. The van der Waals surface area contributed by atoms with Gasteiger partial charge in [-0.2, -0.15) is 0 Å². The van der Waals surface area contributed by atoms with Gasteiger partial charge in [-0.3, -0.25) is 0 Å². The minimum Gasteiger partial charge on any atom is -0.398 e. The van der Waals surface area contributed by atoms with Crippen molar-refractivity contribution in [2.45, 2.75) is 12.5 Å². The number of terminal acetylenes is 1. The summed E-state index contributed by atoms with van der Waals surface area (Å²) in [5, 5.41) is 9.66. The Labute approximate surface area is 72.0 Å². The molecule has 0 fully saturated rings. The van der Waals surface area contributed by atoms with Crippen molar-refractivity contribution >= 4 is 5.69 Å². The number of benzene rings is 1. The molecule has 0 spiro atoms. The molecule has 0 radical (unpaired) electrons. The SMILES string of the molecule is C#C[C@](C)(O)c1ccccc1N. The Balaban J connectivity index is 3.22. The molecule has 0 aliphatic rings. The number of nitrogens with two attached hydrogens (primary N) is 1. The molecule has 0 aliphatic heterocycles. The van der Waals surface area contributed by atoms with Crippen LogP contribution in [0.15, 0.2) is 24.3 Å². The summed E-state index contributed by atoms with van der Waals surface area (Å²) in [6.07, 6.45) is 5.15. The van der Waals surface area contributed by atoms with Crippen LogP contribution in [0.3, 0.4) is 0 Å². The van der Waals surface area contributed by atoms with Gasteiger partial charge >= 0.3 is 0 Å². The molecule has 0 bridgehead atoms. The standard InChI is InChI=1S/C10H11NO/c1-3-10(2,12)8-6-4-5-7-9(8)11/h1,4-7,12H,11H2,2H3/t10-/m0/s1. The van der Waals surface area contributed by atoms with Crippen LogP contribution in [0.2, 0.25) is 0 Å². The van der Waals surface area contributed by atoms with Gasteiger partial charge in [0.15, 0.2) is 0 Å². The maximum Gasteiger partial charge on any atom is 0.149 e. The zero-order chi connectivity index (χ0) is 9.19. The number of hydrogen-bond acceptors (Lipinski definition) is 2. The molecule has 0 unspecified atom stereocenters. The van der Waals surface area contributed by atoms with Gasteiger partial charge in [-0.1, -0.05) is 24.1 Å². The normalized spacial score (nSPS) is 14.8. The lowest BCUT2D eigenvalue weighted by Crippen LogP contribution is -2.19. The highest BCUT2D eigenvalue weighted by Crippen LogP contribution is 2.24. The van der Waals surface area contributed by atoms with Crippen LogP contribution in [0.1, 0.15) is 12.5 Å². The highest BCUT2D eigenvalue weighted by Gasteiger charge is 2.21. The Bertz CT molecular complexity index is 323. The Hall–Kier alpha value is -1.46. The number of hydrogen-bond donors (Lipinski definition) is 2. The van der Waals surface area contributed by atoms with Gasteiger partial charge in [0.2, 0.25) is 0 Å². The first-order valence-corrected chi connectivity index (χ1v) is 3.63. The highest BCUT2D eigenvalue weighted by atomic mass is 16.3. The average Bonchev–Trinajstić information content (AvgIpc) is 2.05. The minimum atomic E-state index is -1.27. The second kappa shape index (κ2) is 2.88. The highest BCUT2D eigenvalue weighted by molar-refractivity contribution is 5.51. The van der Waals surface area contributed by atoms with Gasteiger partial charge < -0.3 is 10.8 Å². The van der Waals surface area contributed by atoms with Gasteiger partial charge in [0.25, 0.3) is 0 Å². The van der Waals surface area contributed by atoms with Crippen molar-refractivity contribution < 1.29 is 5.11 Å².